The first-order valence-electron chi connectivity index (χ1n) is 5.81. The van der Waals surface area contributed by atoms with Crippen LogP contribution in [-0.4, -0.2) is 47.4 Å². The van der Waals surface area contributed by atoms with E-state index in [1.807, 2.05) is 0 Å². The molecule has 3 rings (SSSR count). The molecular formula is C10H14N4O3. The van der Waals surface area contributed by atoms with Crippen molar-refractivity contribution >= 4 is 5.91 Å². The Morgan fingerprint density at radius 3 is 3.06 bits per heavy atom. The van der Waals surface area contributed by atoms with Crippen LogP contribution in [0.15, 0.2) is 4.42 Å². The molecule has 1 aromatic rings. The van der Waals surface area contributed by atoms with E-state index in [9.17, 15) is 4.79 Å². The zero-order chi connectivity index (χ0) is 11.7. The van der Waals surface area contributed by atoms with Gasteiger partial charge in [-0.25, -0.2) is 5.43 Å². The highest BCUT2D eigenvalue weighted by Gasteiger charge is 2.31. The fourth-order valence-electron chi connectivity index (χ4n) is 1.69. The molecule has 1 saturated carbocycles. The van der Waals surface area contributed by atoms with Crippen molar-refractivity contribution in [1.29, 1.82) is 0 Å². The van der Waals surface area contributed by atoms with Crippen molar-refractivity contribution in [2.75, 3.05) is 26.3 Å². The summed E-state index contributed by atoms with van der Waals surface area (Å²) in [5, 5.41) is 9.16. The lowest BCUT2D eigenvalue weighted by Crippen LogP contribution is -2.43. The van der Waals surface area contributed by atoms with Crippen LogP contribution in [0.5, 0.6) is 0 Å². The second kappa shape index (κ2) is 4.42. The van der Waals surface area contributed by atoms with Crippen molar-refractivity contribution in [2.24, 2.45) is 0 Å². The van der Waals surface area contributed by atoms with Crippen LogP contribution in [-0.2, 0) is 4.74 Å². The van der Waals surface area contributed by atoms with Crippen LogP contribution >= 0.6 is 0 Å². The second-order valence-electron chi connectivity index (χ2n) is 4.20. The third-order valence-corrected chi connectivity index (χ3v) is 2.80. The van der Waals surface area contributed by atoms with Gasteiger partial charge in [0.25, 0.3) is 0 Å². The summed E-state index contributed by atoms with van der Waals surface area (Å²) < 4.78 is 10.6. The van der Waals surface area contributed by atoms with Crippen LogP contribution in [0.4, 0.5) is 0 Å². The van der Waals surface area contributed by atoms with Gasteiger partial charge in [0, 0.05) is 12.5 Å². The van der Waals surface area contributed by atoms with Gasteiger partial charge in [0.05, 0.1) is 19.8 Å². The Hall–Kier alpha value is -1.47. The van der Waals surface area contributed by atoms with Gasteiger partial charge in [-0.05, 0) is 12.8 Å². The van der Waals surface area contributed by atoms with Gasteiger partial charge in [-0.15, -0.1) is 10.2 Å². The van der Waals surface area contributed by atoms with Crippen LogP contribution in [0, 0.1) is 0 Å². The monoisotopic (exact) mass is 238 g/mol. The fourth-order valence-corrected chi connectivity index (χ4v) is 1.69. The summed E-state index contributed by atoms with van der Waals surface area (Å²) >= 11 is 0. The molecule has 0 aromatic carbocycles. The standard InChI is InChI=1S/C10H14N4O3/c15-10(14-4-6-16-5-3-11-14)9-13-12-8(17-9)7-1-2-7/h7,11H,1-6H2. The molecule has 1 saturated heterocycles. The number of carbonyl (C=O) groups is 1. The Bertz CT molecular complexity index is 407. The Kier molecular flexibility index (Phi) is 2.77. The zero-order valence-electron chi connectivity index (χ0n) is 9.39. The van der Waals surface area contributed by atoms with E-state index in [2.05, 4.69) is 15.6 Å². The van der Waals surface area contributed by atoms with Gasteiger partial charge in [0.2, 0.25) is 5.89 Å². The molecule has 2 heterocycles. The van der Waals surface area contributed by atoms with Crippen LogP contribution < -0.4 is 5.43 Å². The van der Waals surface area contributed by atoms with E-state index in [0.29, 0.717) is 38.1 Å². The minimum absolute atomic E-state index is 0.0568. The molecule has 1 N–H and O–H groups in total. The molecule has 0 radical (unpaired) electrons. The maximum Gasteiger partial charge on any atom is 0.325 e. The maximum absolute atomic E-state index is 12.0. The molecular weight excluding hydrogens is 224 g/mol. The van der Waals surface area contributed by atoms with Gasteiger partial charge < -0.3 is 9.15 Å². The number of rotatable bonds is 2. The highest BCUT2D eigenvalue weighted by Crippen LogP contribution is 2.39. The number of hydrogen-bond donors (Lipinski definition) is 1. The number of carbonyl (C=O) groups excluding carboxylic acids is 1. The Balaban J connectivity index is 1.70. The average Bonchev–Trinajstić information content (AvgIpc) is 3.13. The summed E-state index contributed by atoms with van der Waals surface area (Å²) in [4.78, 5) is 12.0. The van der Waals surface area contributed by atoms with E-state index >= 15 is 0 Å². The van der Waals surface area contributed by atoms with Crippen LogP contribution in [0.1, 0.15) is 35.3 Å². The summed E-state index contributed by atoms with van der Waals surface area (Å²) in [5.41, 5.74) is 2.96. The third kappa shape index (κ3) is 2.29. The highest BCUT2D eigenvalue weighted by atomic mass is 16.5. The molecule has 1 aliphatic carbocycles. The van der Waals surface area contributed by atoms with Gasteiger partial charge in [-0.1, -0.05) is 0 Å². The van der Waals surface area contributed by atoms with Crippen molar-refractivity contribution in [3.05, 3.63) is 11.8 Å². The summed E-state index contributed by atoms with van der Waals surface area (Å²) in [6, 6.07) is 0. The molecule has 0 bridgehead atoms. The number of hydrazine groups is 1. The topological polar surface area (TPSA) is 80.5 Å². The van der Waals surface area contributed by atoms with Crippen molar-refractivity contribution in [1.82, 2.24) is 20.6 Å². The summed E-state index contributed by atoms with van der Waals surface area (Å²) in [6.07, 6.45) is 2.15. The molecule has 0 unspecified atom stereocenters. The van der Waals surface area contributed by atoms with Gasteiger partial charge in [0.1, 0.15) is 0 Å². The summed E-state index contributed by atoms with van der Waals surface area (Å²) in [6.45, 7) is 2.21. The van der Waals surface area contributed by atoms with Gasteiger partial charge >= 0.3 is 11.8 Å². The van der Waals surface area contributed by atoms with E-state index in [1.165, 1.54) is 5.01 Å². The Labute approximate surface area is 98.1 Å². The number of ether oxygens (including phenoxy) is 1. The second-order valence-corrected chi connectivity index (χ2v) is 4.20. The van der Waals surface area contributed by atoms with E-state index in [4.69, 9.17) is 9.15 Å². The minimum Gasteiger partial charge on any atom is -0.417 e. The number of nitrogens with one attached hydrogen (secondary N) is 1. The molecule has 92 valence electrons. The molecule has 2 fully saturated rings. The molecule has 7 heteroatoms. The van der Waals surface area contributed by atoms with Crippen molar-refractivity contribution < 1.29 is 13.9 Å². The van der Waals surface area contributed by atoms with Crippen LogP contribution in [0.3, 0.4) is 0 Å². The third-order valence-electron chi connectivity index (χ3n) is 2.80. The van der Waals surface area contributed by atoms with Crippen molar-refractivity contribution in [2.45, 2.75) is 18.8 Å². The molecule has 1 aliphatic heterocycles. The van der Waals surface area contributed by atoms with Crippen molar-refractivity contribution in [3.8, 4) is 0 Å². The van der Waals surface area contributed by atoms with Crippen LogP contribution in [0.25, 0.3) is 0 Å². The fraction of sp³-hybridized carbons (Fsp3) is 0.700. The first-order chi connectivity index (χ1) is 8.34. The molecule has 0 atom stereocenters. The Morgan fingerprint density at radius 1 is 1.35 bits per heavy atom. The van der Waals surface area contributed by atoms with E-state index < -0.39 is 0 Å². The van der Waals surface area contributed by atoms with E-state index in [-0.39, 0.29) is 11.8 Å². The zero-order valence-corrected chi connectivity index (χ0v) is 9.39. The minimum atomic E-state index is -0.282. The number of amides is 1. The van der Waals surface area contributed by atoms with Gasteiger partial charge in [-0.3, -0.25) is 9.80 Å². The largest absolute Gasteiger partial charge is 0.417 e. The summed E-state index contributed by atoms with van der Waals surface area (Å²) in [7, 11) is 0. The average molecular weight is 238 g/mol. The van der Waals surface area contributed by atoms with E-state index in [1.54, 1.807) is 0 Å². The quantitative estimate of drug-likeness (QED) is 0.776. The molecule has 17 heavy (non-hydrogen) atoms. The van der Waals surface area contributed by atoms with Gasteiger partial charge in [0.15, 0.2) is 0 Å². The highest BCUT2D eigenvalue weighted by molar-refractivity contribution is 5.89. The molecule has 0 spiro atoms. The normalized spacial score (nSPS) is 21.3. The Morgan fingerprint density at radius 2 is 2.24 bits per heavy atom. The molecule has 1 aromatic heterocycles. The summed E-state index contributed by atoms with van der Waals surface area (Å²) in [5.74, 6) is 0.722. The van der Waals surface area contributed by atoms with Crippen LogP contribution in [0.2, 0.25) is 0 Å². The molecule has 2 aliphatic rings. The molecule has 1 amide bonds. The molecule has 7 nitrogen and oxygen atoms in total. The first-order valence-corrected chi connectivity index (χ1v) is 5.81. The lowest BCUT2D eigenvalue weighted by Gasteiger charge is -2.17. The van der Waals surface area contributed by atoms with Crippen molar-refractivity contribution in [3.63, 3.8) is 0 Å². The first kappa shape index (κ1) is 10.7. The number of aromatic nitrogens is 2. The van der Waals surface area contributed by atoms with Gasteiger partial charge in [-0.2, -0.15) is 0 Å². The predicted octanol–water partition coefficient (Wildman–Crippen LogP) is -0.0760. The lowest BCUT2D eigenvalue weighted by molar-refractivity contribution is 0.0618. The van der Waals surface area contributed by atoms with E-state index in [0.717, 1.165) is 12.8 Å². The SMILES string of the molecule is O=C(c1nnc(C2CC2)o1)N1CCOCCN1. The predicted molar refractivity (Wildman–Crippen MR) is 56.1 cm³/mol. The maximum atomic E-state index is 12.0. The smallest absolute Gasteiger partial charge is 0.325 e. The lowest BCUT2D eigenvalue weighted by atomic mass is 10.4. The number of hydrogen-bond acceptors (Lipinski definition) is 6. The number of nitrogens with zero attached hydrogens (tertiary/aromatic N) is 3.